The van der Waals surface area contributed by atoms with Crippen LogP contribution in [0, 0.1) is 17.7 Å². The Kier molecular flexibility index (Phi) is 7.08. The number of rotatable bonds is 6. The zero-order chi connectivity index (χ0) is 23.5. The summed E-state index contributed by atoms with van der Waals surface area (Å²) in [6, 6.07) is 11.5. The predicted molar refractivity (Wildman–Crippen MR) is 127 cm³/mol. The van der Waals surface area contributed by atoms with Crippen LogP contribution >= 0.6 is 0 Å². The zero-order valence-electron chi connectivity index (χ0n) is 19.7. The normalized spacial score (nSPS) is 29.4. The predicted octanol–water partition coefficient (Wildman–Crippen LogP) is 2.94. The molecular formula is C26H34FN5O2. The van der Waals surface area contributed by atoms with Crippen LogP contribution in [0.4, 0.5) is 4.39 Å². The van der Waals surface area contributed by atoms with Crippen molar-refractivity contribution in [3.05, 3.63) is 59.5 Å². The number of hydrogen-bond donors (Lipinski definition) is 3. The first-order valence-electron chi connectivity index (χ1n) is 12.4. The molecular weight excluding hydrogens is 433 g/mol. The molecule has 5 rings (SSSR count). The van der Waals surface area contributed by atoms with E-state index in [0.717, 1.165) is 50.8 Å². The number of nitrogens with one attached hydrogen (secondary N) is 3. The number of ether oxygens (including phenoxy) is 1. The van der Waals surface area contributed by atoms with Crippen LogP contribution in [0.2, 0.25) is 0 Å². The molecule has 1 aromatic carbocycles. The molecule has 2 aromatic rings. The van der Waals surface area contributed by atoms with Gasteiger partial charge in [0.2, 0.25) is 11.8 Å². The monoisotopic (exact) mass is 467 g/mol. The highest BCUT2D eigenvalue weighted by atomic mass is 19.1. The summed E-state index contributed by atoms with van der Waals surface area (Å²) in [7, 11) is 1.62. The fourth-order valence-electron chi connectivity index (χ4n) is 5.86. The van der Waals surface area contributed by atoms with E-state index in [1.165, 1.54) is 6.07 Å². The van der Waals surface area contributed by atoms with Gasteiger partial charge in [0.05, 0.1) is 13.2 Å². The molecule has 1 aromatic heterocycles. The van der Waals surface area contributed by atoms with Gasteiger partial charge in [-0.3, -0.25) is 15.1 Å². The van der Waals surface area contributed by atoms with E-state index in [1.54, 1.807) is 19.4 Å². The highest BCUT2D eigenvalue weighted by Crippen LogP contribution is 2.40. The summed E-state index contributed by atoms with van der Waals surface area (Å²) < 4.78 is 19.4. The quantitative estimate of drug-likeness (QED) is 0.606. The van der Waals surface area contributed by atoms with Crippen LogP contribution in [0.15, 0.2) is 42.6 Å². The summed E-state index contributed by atoms with van der Waals surface area (Å²) in [5.41, 5.74) is 8.72. The molecule has 0 radical (unpaired) electrons. The van der Waals surface area contributed by atoms with Crippen LogP contribution in [0.1, 0.15) is 49.3 Å². The fourth-order valence-corrected chi connectivity index (χ4v) is 5.86. The van der Waals surface area contributed by atoms with Crippen molar-refractivity contribution in [3.8, 4) is 5.88 Å². The summed E-state index contributed by atoms with van der Waals surface area (Å²) in [4.78, 5) is 19.7. The van der Waals surface area contributed by atoms with E-state index < -0.39 is 0 Å². The Labute approximate surface area is 200 Å². The number of carbonyl (C=O) groups is 1. The Morgan fingerprint density at radius 3 is 2.97 bits per heavy atom. The first-order chi connectivity index (χ1) is 16.6. The SMILES string of the molecule is COc1cc(C2NNC3CCC(C(=O)N[C@@H]4CCCN(Cc5ccccc5F)C4)CC32)ccn1. The second-order valence-electron chi connectivity index (χ2n) is 9.85. The second-order valence-corrected chi connectivity index (χ2v) is 9.85. The van der Waals surface area contributed by atoms with E-state index in [0.29, 0.717) is 29.9 Å². The van der Waals surface area contributed by atoms with E-state index in [-0.39, 0.29) is 29.7 Å². The van der Waals surface area contributed by atoms with Crippen molar-refractivity contribution in [1.82, 2.24) is 26.1 Å². The summed E-state index contributed by atoms with van der Waals surface area (Å²) in [5.74, 6) is 0.946. The average molecular weight is 468 g/mol. The molecule has 4 unspecified atom stereocenters. The number of likely N-dealkylation sites (tertiary alicyclic amines) is 1. The van der Waals surface area contributed by atoms with E-state index in [1.807, 2.05) is 24.3 Å². The molecule has 0 bridgehead atoms. The summed E-state index contributed by atoms with van der Waals surface area (Å²) in [6.45, 7) is 2.28. The average Bonchev–Trinajstić information content (AvgIpc) is 3.29. The molecule has 3 N–H and O–H groups in total. The minimum absolute atomic E-state index is 0.0103. The van der Waals surface area contributed by atoms with E-state index in [9.17, 15) is 9.18 Å². The molecule has 8 heteroatoms. The molecule has 1 amide bonds. The van der Waals surface area contributed by atoms with Crippen LogP contribution in [-0.2, 0) is 11.3 Å². The second kappa shape index (κ2) is 10.4. The fraction of sp³-hybridized carbons (Fsp3) is 0.538. The van der Waals surface area contributed by atoms with Gasteiger partial charge >= 0.3 is 0 Å². The largest absolute Gasteiger partial charge is 0.481 e. The summed E-state index contributed by atoms with van der Waals surface area (Å²) in [5, 5.41) is 3.33. The van der Waals surface area contributed by atoms with Crippen molar-refractivity contribution in [2.24, 2.45) is 11.8 Å². The number of benzene rings is 1. The Balaban J connectivity index is 1.18. The van der Waals surface area contributed by atoms with Crippen LogP contribution < -0.4 is 20.9 Å². The minimum Gasteiger partial charge on any atom is -0.481 e. The number of nitrogens with zero attached hydrogens (tertiary/aromatic N) is 2. The first-order valence-corrected chi connectivity index (χ1v) is 12.4. The third kappa shape index (κ3) is 5.09. The number of piperidine rings is 1. The molecule has 34 heavy (non-hydrogen) atoms. The van der Waals surface area contributed by atoms with Gasteiger partial charge in [-0.1, -0.05) is 18.2 Å². The number of hydrazine groups is 1. The standard InChI is InChI=1S/C26H34FN5O2/c1-34-24-14-17(10-11-28-24)25-21-13-18(8-9-23(21)30-31-25)26(33)29-20-6-4-12-32(16-20)15-19-5-2-3-7-22(19)27/h2-3,5,7,10-11,14,18,20-21,23,25,30-31H,4,6,8-9,12-13,15-16H2,1H3,(H,29,33)/t18?,20-,21?,23?,25?/m1/s1. The van der Waals surface area contributed by atoms with Crippen molar-refractivity contribution in [2.45, 2.75) is 56.8 Å². The number of hydrogen-bond acceptors (Lipinski definition) is 6. The molecule has 1 aliphatic carbocycles. The molecule has 3 fully saturated rings. The summed E-state index contributed by atoms with van der Waals surface area (Å²) >= 11 is 0. The van der Waals surface area contributed by atoms with E-state index in [2.05, 4.69) is 26.1 Å². The van der Waals surface area contributed by atoms with Gasteiger partial charge in [-0.25, -0.2) is 14.8 Å². The number of fused-ring (bicyclic) bond motifs is 1. The highest BCUT2D eigenvalue weighted by molar-refractivity contribution is 5.79. The first kappa shape index (κ1) is 23.2. The van der Waals surface area contributed by atoms with Gasteiger partial charge in [0.25, 0.3) is 0 Å². The van der Waals surface area contributed by atoms with Gasteiger partial charge in [-0.2, -0.15) is 0 Å². The Morgan fingerprint density at radius 1 is 1.24 bits per heavy atom. The van der Waals surface area contributed by atoms with Crippen molar-refractivity contribution in [3.63, 3.8) is 0 Å². The van der Waals surface area contributed by atoms with Gasteiger partial charge in [0.15, 0.2) is 0 Å². The smallest absolute Gasteiger partial charge is 0.223 e. The van der Waals surface area contributed by atoms with Crippen molar-refractivity contribution >= 4 is 5.91 Å². The zero-order valence-corrected chi connectivity index (χ0v) is 19.7. The molecule has 7 nitrogen and oxygen atoms in total. The number of halogens is 1. The van der Waals surface area contributed by atoms with Gasteiger partial charge < -0.3 is 10.1 Å². The summed E-state index contributed by atoms with van der Waals surface area (Å²) in [6.07, 6.45) is 6.46. The third-order valence-electron chi connectivity index (χ3n) is 7.65. The van der Waals surface area contributed by atoms with Gasteiger partial charge in [-0.15, -0.1) is 0 Å². The maximum absolute atomic E-state index is 14.1. The number of methoxy groups -OCH3 is 1. The number of aromatic nitrogens is 1. The van der Waals surface area contributed by atoms with Crippen molar-refractivity contribution in [1.29, 1.82) is 0 Å². The molecule has 5 atom stereocenters. The maximum Gasteiger partial charge on any atom is 0.223 e. The lowest BCUT2D eigenvalue weighted by atomic mass is 9.74. The Bertz CT molecular complexity index is 1000. The Morgan fingerprint density at radius 2 is 2.12 bits per heavy atom. The topological polar surface area (TPSA) is 78.5 Å². The van der Waals surface area contributed by atoms with Crippen LogP contribution in [-0.4, -0.2) is 48.1 Å². The van der Waals surface area contributed by atoms with Gasteiger partial charge in [0, 0.05) is 48.9 Å². The number of carbonyl (C=O) groups excluding carboxylic acids is 1. The third-order valence-corrected chi connectivity index (χ3v) is 7.65. The number of pyridine rings is 1. The lowest BCUT2D eigenvalue weighted by molar-refractivity contribution is -0.127. The van der Waals surface area contributed by atoms with Crippen molar-refractivity contribution in [2.75, 3.05) is 20.2 Å². The lowest BCUT2D eigenvalue weighted by Crippen LogP contribution is -2.50. The van der Waals surface area contributed by atoms with Gasteiger partial charge in [-0.05, 0) is 62.3 Å². The molecule has 182 valence electrons. The lowest BCUT2D eigenvalue weighted by Gasteiger charge is -2.36. The maximum atomic E-state index is 14.1. The molecule has 3 aliphatic rings. The Hall–Kier alpha value is -2.55. The molecule has 3 heterocycles. The van der Waals surface area contributed by atoms with Crippen LogP contribution in [0.5, 0.6) is 5.88 Å². The van der Waals surface area contributed by atoms with Crippen molar-refractivity contribution < 1.29 is 13.9 Å². The van der Waals surface area contributed by atoms with E-state index in [4.69, 9.17) is 4.74 Å². The van der Waals surface area contributed by atoms with Crippen LogP contribution in [0.25, 0.3) is 0 Å². The number of amides is 1. The van der Waals surface area contributed by atoms with Gasteiger partial charge in [0.1, 0.15) is 5.82 Å². The molecule has 2 aliphatic heterocycles. The molecule has 0 spiro atoms. The molecule has 1 saturated carbocycles. The highest BCUT2D eigenvalue weighted by Gasteiger charge is 2.43. The van der Waals surface area contributed by atoms with E-state index >= 15 is 0 Å². The molecule has 2 saturated heterocycles. The minimum atomic E-state index is -0.162. The van der Waals surface area contributed by atoms with Crippen LogP contribution in [0.3, 0.4) is 0 Å².